The Kier molecular flexibility index (Phi) is 92.2. The van der Waals surface area contributed by atoms with Crippen LogP contribution in [-0.4, -0.2) is 11.7 Å². The number of aryl methyl sites for hydroxylation is 1. The zero-order valence-electron chi connectivity index (χ0n) is 19.5. The van der Waals surface area contributed by atoms with Crippen molar-refractivity contribution in [3.05, 3.63) is 35.9 Å². The minimum Gasteiger partial charge on any atom is -0.397 e. The van der Waals surface area contributed by atoms with Crippen LogP contribution in [0.3, 0.4) is 0 Å². The lowest BCUT2D eigenvalue weighted by atomic mass is 10.1. The van der Waals surface area contributed by atoms with Crippen molar-refractivity contribution in [3.63, 3.8) is 0 Å². The molecule has 0 radical (unpaired) electrons. The molecule has 0 aliphatic carbocycles. The van der Waals surface area contributed by atoms with Crippen molar-refractivity contribution in [2.75, 3.05) is 6.61 Å². The Morgan fingerprint density at radius 2 is 0.958 bits per heavy atom. The monoisotopic (exact) mass is 344 g/mol. The Morgan fingerprint density at radius 1 is 0.708 bits per heavy atom. The molecule has 0 spiro atoms. The van der Waals surface area contributed by atoms with Gasteiger partial charge >= 0.3 is 0 Å². The van der Waals surface area contributed by atoms with Crippen molar-refractivity contribution in [2.45, 2.75) is 103 Å². The molecule has 0 unspecified atom stereocenters. The molecule has 1 heteroatoms. The van der Waals surface area contributed by atoms with E-state index in [1.165, 1.54) is 18.4 Å². The van der Waals surface area contributed by atoms with Gasteiger partial charge in [-0.05, 0) is 19.8 Å². The Balaban J connectivity index is -0.0000000435. The lowest BCUT2D eigenvalue weighted by molar-refractivity contribution is 0.318. The van der Waals surface area contributed by atoms with Crippen LogP contribution in [0.2, 0.25) is 0 Å². The summed E-state index contributed by atoms with van der Waals surface area (Å²) in [5.41, 5.74) is 1.32. The molecular formula is C23H52O. The summed E-state index contributed by atoms with van der Waals surface area (Å²) < 4.78 is 0. The third kappa shape index (κ3) is 69.0. The van der Waals surface area contributed by atoms with Crippen LogP contribution in [0.25, 0.3) is 0 Å². The van der Waals surface area contributed by atoms with Crippen LogP contribution in [0.5, 0.6) is 0 Å². The summed E-state index contributed by atoms with van der Waals surface area (Å²) in [6, 6.07) is 10.3. The SMILES string of the molecule is CC.CC.CC.CC.CCC(C)CC.CCO.Cc1ccccc1. The molecule has 0 saturated heterocycles. The largest absolute Gasteiger partial charge is 0.397 e. The fourth-order valence-electron chi connectivity index (χ4n) is 0.823. The third-order valence-corrected chi connectivity index (χ3v) is 2.33. The van der Waals surface area contributed by atoms with E-state index in [1.807, 2.05) is 73.6 Å². The third-order valence-electron chi connectivity index (χ3n) is 2.33. The first-order valence-corrected chi connectivity index (χ1v) is 10.2. The summed E-state index contributed by atoms with van der Waals surface area (Å²) in [6.07, 6.45) is 2.66. The van der Waals surface area contributed by atoms with Gasteiger partial charge in [0, 0.05) is 6.61 Å². The number of aliphatic hydroxyl groups is 1. The van der Waals surface area contributed by atoms with Crippen LogP contribution >= 0.6 is 0 Å². The van der Waals surface area contributed by atoms with E-state index >= 15 is 0 Å². The molecule has 1 aromatic carbocycles. The Morgan fingerprint density at radius 3 is 1.04 bits per heavy atom. The molecule has 1 rings (SSSR count). The van der Waals surface area contributed by atoms with Crippen molar-refractivity contribution in [1.82, 2.24) is 0 Å². The smallest absolute Gasteiger partial charge is 0.0402 e. The number of benzene rings is 1. The molecule has 0 heterocycles. The number of hydrogen-bond donors (Lipinski definition) is 1. The average Bonchev–Trinajstić information content (AvgIpc) is 2.69. The van der Waals surface area contributed by atoms with Gasteiger partial charge < -0.3 is 5.11 Å². The minimum absolute atomic E-state index is 0.250. The van der Waals surface area contributed by atoms with E-state index in [4.69, 9.17) is 5.11 Å². The van der Waals surface area contributed by atoms with Gasteiger partial charge in [-0.15, -0.1) is 0 Å². The molecule has 1 nitrogen and oxygen atoms in total. The lowest BCUT2D eigenvalue weighted by Crippen LogP contribution is -1.85. The van der Waals surface area contributed by atoms with Gasteiger partial charge in [0.05, 0.1) is 0 Å². The van der Waals surface area contributed by atoms with Crippen LogP contribution in [0.15, 0.2) is 30.3 Å². The standard InChI is InChI=1S/C7H8.C6H14.C2H6O.4C2H6/c1-7-5-3-2-4-6-7;1-4-6(3)5-2;1-2-3;4*1-2/h2-6H,1H3;6H,4-5H2,1-3H3;3H,2H2,1H3;4*1-2H3. The Labute approximate surface area is 156 Å². The lowest BCUT2D eigenvalue weighted by Gasteiger charge is -1.98. The first-order valence-electron chi connectivity index (χ1n) is 10.2. The zero-order valence-corrected chi connectivity index (χ0v) is 19.5. The van der Waals surface area contributed by atoms with Crippen LogP contribution in [0.4, 0.5) is 0 Å². The molecule has 0 fully saturated rings. The van der Waals surface area contributed by atoms with Crippen LogP contribution in [0.1, 0.15) is 101 Å². The van der Waals surface area contributed by atoms with E-state index in [0.29, 0.717) is 0 Å². The summed E-state index contributed by atoms with van der Waals surface area (Å²) in [7, 11) is 0. The molecule has 150 valence electrons. The maximum absolute atomic E-state index is 7.57. The summed E-state index contributed by atoms with van der Waals surface area (Å²) in [5, 5.41) is 7.57. The van der Waals surface area contributed by atoms with Crippen molar-refractivity contribution in [2.24, 2.45) is 5.92 Å². The molecule has 24 heavy (non-hydrogen) atoms. The van der Waals surface area contributed by atoms with Gasteiger partial charge in [0.25, 0.3) is 0 Å². The molecule has 1 aromatic rings. The molecule has 0 aromatic heterocycles. The molecule has 0 amide bonds. The number of hydrogen-bond acceptors (Lipinski definition) is 1. The highest BCUT2D eigenvalue weighted by atomic mass is 16.2. The van der Waals surface area contributed by atoms with Crippen LogP contribution in [-0.2, 0) is 0 Å². The summed E-state index contributed by atoms with van der Waals surface area (Å²) in [4.78, 5) is 0. The number of rotatable bonds is 2. The van der Waals surface area contributed by atoms with E-state index < -0.39 is 0 Å². The highest BCUT2D eigenvalue weighted by molar-refractivity contribution is 5.11. The second-order valence-electron chi connectivity index (χ2n) is 3.89. The molecule has 0 saturated carbocycles. The van der Waals surface area contributed by atoms with Crippen molar-refractivity contribution in [1.29, 1.82) is 0 Å². The highest BCUT2D eigenvalue weighted by Crippen LogP contribution is 2.02. The second-order valence-corrected chi connectivity index (χ2v) is 3.89. The van der Waals surface area contributed by atoms with Gasteiger partial charge in [0.15, 0.2) is 0 Å². The number of aliphatic hydroxyl groups excluding tert-OH is 1. The van der Waals surface area contributed by atoms with E-state index in [1.54, 1.807) is 6.92 Å². The maximum Gasteiger partial charge on any atom is 0.0402 e. The minimum atomic E-state index is 0.250. The van der Waals surface area contributed by atoms with E-state index in [-0.39, 0.29) is 6.61 Å². The molecule has 0 atom stereocenters. The van der Waals surface area contributed by atoms with E-state index in [0.717, 1.165) is 5.92 Å². The molecule has 0 aliphatic rings. The van der Waals surface area contributed by atoms with Gasteiger partial charge in [0.1, 0.15) is 0 Å². The summed E-state index contributed by atoms with van der Waals surface area (Å²) >= 11 is 0. The van der Waals surface area contributed by atoms with Crippen LogP contribution in [0, 0.1) is 12.8 Å². The molecule has 0 bridgehead atoms. The summed E-state index contributed by atoms with van der Waals surface area (Å²) in [6.45, 7) is 26.8. The normalized spacial score (nSPS) is 6.79. The zero-order chi connectivity index (χ0) is 20.8. The topological polar surface area (TPSA) is 20.2 Å². The quantitative estimate of drug-likeness (QED) is 0.569. The highest BCUT2D eigenvalue weighted by Gasteiger charge is 1.88. The second kappa shape index (κ2) is 57.3. The molecular weight excluding hydrogens is 292 g/mol. The average molecular weight is 345 g/mol. The first kappa shape index (κ1) is 38.6. The predicted octanol–water partition coefficient (Wildman–Crippen LogP) is 8.54. The Bertz CT molecular complexity index is 203. The van der Waals surface area contributed by atoms with Crippen molar-refractivity contribution in [3.8, 4) is 0 Å². The fraction of sp³-hybridized carbons (Fsp3) is 0.739. The summed E-state index contributed by atoms with van der Waals surface area (Å²) in [5.74, 6) is 0.935. The Hall–Kier alpha value is -0.820. The van der Waals surface area contributed by atoms with E-state index in [9.17, 15) is 0 Å². The van der Waals surface area contributed by atoms with Gasteiger partial charge in [-0.1, -0.05) is 125 Å². The molecule has 0 aliphatic heterocycles. The first-order chi connectivity index (χ1) is 11.6. The maximum atomic E-state index is 7.57. The van der Waals surface area contributed by atoms with Crippen LogP contribution < -0.4 is 0 Å². The van der Waals surface area contributed by atoms with Gasteiger partial charge in [-0.3, -0.25) is 0 Å². The predicted molar refractivity (Wildman–Crippen MR) is 119 cm³/mol. The fourth-order valence-corrected chi connectivity index (χ4v) is 0.823. The molecule has 1 N–H and O–H groups in total. The van der Waals surface area contributed by atoms with E-state index in [2.05, 4.69) is 39.8 Å². The van der Waals surface area contributed by atoms with Crippen molar-refractivity contribution < 1.29 is 5.11 Å². The van der Waals surface area contributed by atoms with Crippen molar-refractivity contribution >= 4 is 0 Å². The van der Waals surface area contributed by atoms with Gasteiger partial charge in [0.2, 0.25) is 0 Å². The van der Waals surface area contributed by atoms with Gasteiger partial charge in [-0.2, -0.15) is 0 Å². The van der Waals surface area contributed by atoms with Gasteiger partial charge in [-0.25, -0.2) is 0 Å².